The summed E-state index contributed by atoms with van der Waals surface area (Å²) in [5, 5.41) is 1.37. The fourth-order valence-electron chi connectivity index (χ4n) is 3.05. The molecule has 1 aromatic heterocycles. The molecule has 1 aliphatic heterocycles. The average Bonchev–Trinajstić information content (AvgIpc) is 3.04. The second kappa shape index (κ2) is 8.40. The van der Waals surface area contributed by atoms with E-state index in [9.17, 15) is 9.59 Å². The van der Waals surface area contributed by atoms with Crippen LogP contribution >= 0.6 is 22.9 Å². The summed E-state index contributed by atoms with van der Waals surface area (Å²) in [5.41, 5.74) is 1.49. The molecule has 27 heavy (non-hydrogen) atoms. The molecule has 1 saturated heterocycles. The van der Waals surface area contributed by atoms with Gasteiger partial charge < -0.3 is 9.64 Å². The first kappa shape index (κ1) is 19.8. The second-order valence-corrected chi connectivity index (χ2v) is 8.43. The molecule has 1 amide bonds. The molecular weight excluding hydrogens is 384 g/mol. The summed E-state index contributed by atoms with van der Waals surface area (Å²) in [6.45, 7) is 7.04. The van der Waals surface area contributed by atoms with Gasteiger partial charge in [0.25, 0.3) is 5.91 Å². The number of aromatic nitrogens is 1. The summed E-state index contributed by atoms with van der Waals surface area (Å²) in [4.78, 5) is 31.8. The van der Waals surface area contributed by atoms with Crippen LogP contribution in [0.4, 0.5) is 0 Å². The lowest BCUT2D eigenvalue weighted by Gasteiger charge is -2.31. The van der Waals surface area contributed by atoms with E-state index in [1.165, 1.54) is 11.3 Å². The predicted octanol–water partition coefficient (Wildman–Crippen LogP) is 4.58. The van der Waals surface area contributed by atoms with E-state index in [2.05, 4.69) is 11.9 Å². The maximum atomic E-state index is 12.6. The average molecular weight is 407 g/mol. The number of rotatable bonds is 4. The van der Waals surface area contributed by atoms with Crippen molar-refractivity contribution >= 4 is 34.8 Å². The number of ether oxygens (including phenoxy) is 1. The molecular formula is C20H23ClN2O3S. The number of piperidine rings is 1. The molecule has 2 aromatic rings. The highest BCUT2D eigenvalue weighted by Gasteiger charge is 2.28. The number of thiazole rings is 1. The molecule has 1 unspecified atom stereocenters. The Morgan fingerprint density at radius 1 is 1.26 bits per heavy atom. The highest BCUT2D eigenvalue weighted by Crippen LogP contribution is 2.29. The van der Waals surface area contributed by atoms with Gasteiger partial charge in [-0.25, -0.2) is 9.78 Å². The zero-order valence-corrected chi connectivity index (χ0v) is 17.3. The maximum absolute atomic E-state index is 12.6. The molecule has 0 spiro atoms. The van der Waals surface area contributed by atoms with E-state index in [1.54, 1.807) is 30.9 Å². The van der Waals surface area contributed by atoms with Crippen LogP contribution in [0.3, 0.4) is 0 Å². The Morgan fingerprint density at radius 3 is 2.52 bits per heavy atom. The van der Waals surface area contributed by atoms with Gasteiger partial charge in [0.1, 0.15) is 9.88 Å². The summed E-state index contributed by atoms with van der Waals surface area (Å²) >= 11 is 7.18. The molecule has 0 bridgehead atoms. The van der Waals surface area contributed by atoms with Crippen LogP contribution in [0, 0.1) is 12.8 Å². The molecule has 2 heterocycles. The molecule has 3 rings (SSSR count). The van der Waals surface area contributed by atoms with Crippen LogP contribution in [0.2, 0.25) is 5.02 Å². The lowest BCUT2D eigenvalue weighted by atomic mass is 9.99. The van der Waals surface area contributed by atoms with Gasteiger partial charge in [0.2, 0.25) is 0 Å². The van der Waals surface area contributed by atoms with Crippen molar-refractivity contribution in [3.63, 3.8) is 0 Å². The lowest BCUT2D eigenvalue weighted by Crippen LogP contribution is -2.44. The monoisotopic (exact) mass is 406 g/mol. The molecule has 0 N–H and O–H groups in total. The van der Waals surface area contributed by atoms with E-state index in [0.717, 1.165) is 36.5 Å². The third kappa shape index (κ3) is 4.68. The number of carbonyl (C=O) groups is 2. The van der Waals surface area contributed by atoms with Gasteiger partial charge >= 0.3 is 5.97 Å². The van der Waals surface area contributed by atoms with Crippen molar-refractivity contribution in [2.75, 3.05) is 13.1 Å². The summed E-state index contributed by atoms with van der Waals surface area (Å²) in [6, 6.07) is 7.29. The van der Waals surface area contributed by atoms with E-state index < -0.39 is 12.1 Å². The highest BCUT2D eigenvalue weighted by atomic mass is 35.5. The second-order valence-electron chi connectivity index (χ2n) is 7.00. The van der Waals surface area contributed by atoms with Gasteiger partial charge in [-0.15, -0.1) is 11.3 Å². The number of amides is 1. The van der Waals surface area contributed by atoms with Crippen molar-refractivity contribution in [2.45, 2.75) is 39.7 Å². The van der Waals surface area contributed by atoms with Crippen molar-refractivity contribution in [3.8, 4) is 10.6 Å². The van der Waals surface area contributed by atoms with Gasteiger partial charge in [-0.3, -0.25) is 4.79 Å². The van der Waals surface area contributed by atoms with Crippen LogP contribution in [0.5, 0.6) is 0 Å². The standard InChI is InChI=1S/C20H23ClN2O3S/c1-12-8-10-23(11-9-12)19(24)14(3)26-20(25)17-13(2)22-18(27-17)15-4-6-16(21)7-5-15/h4-7,12,14H,8-11H2,1-3H3. The molecule has 1 aromatic carbocycles. The van der Waals surface area contributed by atoms with Crippen molar-refractivity contribution in [1.29, 1.82) is 0 Å². The topological polar surface area (TPSA) is 59.5 Å². The molecule has 1 fully saturated rings. The Kier molecular flexibility index (Phi) is 6.17. The quantitative estimate of drug-likeness (QED) is 0.697. The third-order valence-corrected chi connectivity index (χ3v) is 6.24. The van der Waals surface area contributed by atoms with Crippen molar-refractivity contribution in [3.05, 3.63) is 39.9 Å². The highest BCUT2D eigenvalue weighted by molar-refractivity contribution is 7.17. The first-order valence-electron chi connectivity index (χ1n) is 9.08. The molecule has 144 valence electrons. The zero-order valence-electron chi connectivity index (χ0n) is 15.7. The fourth-order valence-corrected chi connectivity index (χ4v) is 4.13. The van der Waals surface area contributed by atoms with E-state index in [-0.39, 0.29) is 5.91 Å². The number of hydrogen-bond donors (Lipinski definition) is 0. The summed E-state index contributed by atoms with van der Waals surface area (Å²) in [6.07, 6.45) is 1.18. The van der Waals surface area contributed by atoms with Gasteiger partial charge in [0, 0.05) is 23.7 Å². The van der Waals surface area contributed by atoms with Gasteiger partial charge in [-0.05, 0) is 44.7 Å². The van der Waals surface area contributed by atoms with Crippen LogP contribution in [-0.2, 0) is 9.53 Å². The number of halogens is 1. The van der Waals surface area contributed by atoms with Gasteiger partial charge in [0.15, 0.2) is 6.10 Å². The minimum Gasteiger partial charge on any atom is -0.448 e. The van der Waals surface area contributed by atoms with E-state index in [0.29, 0.717) is 21.5 Å². The number of likely N-dealkylation sites (tertiary alicyclic amines) is 1. The van der Waals surface area contributed by atoms with Crippen LogP contribution in [0.1, 0.15) is 42.1 Å². The fraction of sp³-hybridized carbons (Fsp3) is 0.450. The summed E-state index contributed by atoms with van der Waals surface area (Å²) in [5.74, 6) is 0.00446. The Morgan fingerprint density at radius 2 is 1.89 bits per heavy atom. The van der Waals surface area contributed by atoms with Crippen molar-refractivity contribution in [1.82, 2.24) is 9.88 Å². The Bertz CT molecular complexity index is 826. The van der Waals surface area contributed by atoms with E-state index in [4.69, 9.17) is 16.3 Å². The number of carbonyl (C=O) groups excluding carboxylic acids is 2. The Balaban J connectivity index is 1.67. The summed E-state index contributed by atoms with van der Waals surface area (Å²) < 4.78 is 5.45. The molecule has 5 nitrogen and oxygen atoms in total. The number of benzene rings is 1. The molecule has 0 saturated carbocycles. The van der Waals surface area contributed by atoms with Crippen LogP contribution in [-0.4, -0.2) is 41.0 Å². The molecule has 1 atom stereocenters. The molecule has 0 radical (unpaired) electrons. The lowest BCUT2D eigenvalue weighted by molar-refractivity contribution is -0.141. The Labute approximate surface area is 168 Å². The predicted molar refractivity (Wildman–Crippen MR) is 107 cm³/mol. The van der Waals surface area contributed by atoms with Crippen LogP contribution in [0.15, 0.2) is 24.3 Å². The normalized spacial score (nSPS) is 16.2. The molecule has 0 aliphatic carbocycles. The smallest absolute Gasteiger partial charge is 0.351 e. The van der Waals surface area contributed by atoms with Gasteiger partial charge in [-0.1, -0.05) is 30.7 Å². The first-order chi connectivity index (χ1) is 12.8. The van der Waals surface area contributed by atoms with Crippen molar-refractivity contribution < 1.29 is 14.3 Å². The number of nitrogens with zero attached hydrogens (tertiary/aromatic N) is 2. The molecule has 7 heteroatoms. The minimum atomic E-state index is -0.800. The SMILES string of the molecule is Cc1nc(-c2ccc(Cl)cc2)sc1C(=O)OC(C)C(=O)N1CCC(C)CC1. The van der Waals surface area contributed by atoms with Gasteiger partial charge in [-0.2, -0.15) is 0 Å². The van der Waals surface area contributed by atoms with E-state index in [1.807, 2.05) is 12.1 Å². The van der Waals surface area contributed by atoms with Crippen LogP contribution < -0.4 is 0 Å². The van der Waals surface area contributed by atoms with Gasteiger partial charge in [0.05, 0.1) is 5.69 Å². The number of aryl methyl sites for hydroxylation is 1. The largest absolute Gasteiger partial charge is 0.448 e. The molecule has 1 aliphatic rings. The maximum Gasteiger partial charge on any atom is 0.351 e. The van der Waals surface area contributed by atoms with Crippen LogP contribution in [0.25, 0.3) is 10.6 Å². The van der Waals surface area contributed by atoms with Crippen molar-refractivity contribution in [2.24, 2.45) is 5.92 Å². The Hall–Kier alpha value is -1.92. The summed E-state index contributed by atoms with van der Waals surface area (Å²) in [7, 11) is 0. The zero-order chi connectivity index (χ0) is 19.6. The third-order valence-electron chi connectivity index (χ3n) is 4.80. The van der Waals surface area contributed by atoms with E-state index >= 15 is 0 Å². The minimum absolute atomic E-state index is 0.129. The number of esters is 1. The number of hydrogen-bond acceptors (Lipinski definition) is 5. The first-order valence-corrected chi connectivity index (χ1v) is 10.3.